The second-order valence-electron chi connectivity index (χ2n) is 13.7. The van der Waals surface area contributed by atoms with Gasteiger partial charge in [0.2, 0.25) is 5.91 Å². The van der Waals surface area contributed by atoms with E-state index in [4.69, 9.17) is 15.2 Å². The molecule has 1 amide bonds. The fourth-order valence-corrected chi connectivity index (χ4v) is 6.07. The third-order valence-electron chi connectivity index (χ3n) is 9.59. The Morgan fingerprint density at radius 2 is 1.26 bits per heavy atom. The number of hydrogen-bond acceptors (Lipinski definition) is 8. The Kier molecular flexibility index (Phi) is 20.3. The molecule has 0 spiro atoms. The first-order valence-corrected chi connectivity index (χ1v) is 18.3. The summed E-state index contributed by atoms with van der Waals surface area (Å²) in [6, 6.07) is 16.0. The molecule has 0 saturated carbocycles. The molecule has 3 rings (SSSR count). The average molecular weight is 694 g/mol. The highest BCUT2D eigenvalue weighted by atomic mass is 16.5. The summed E-state index contributed by atoms with van der Waals surface area (Å²) in [5.74, 6) is -2.89. The summed E-state index contributed by atoms with van der Waals surface area (Å²) in [4.78, 5) is 52.2. The van der Waals surface area contributed by atoms with E-state index in [2.05, 4.69) is 17.0 Å². The van der Waals surface area contributed by atoms with Gasteiger partial charge in [0.05, 0.1) is 6.10 Å². The number of hydrogen-bond donors (Lipinski definition) is 2. The maximum atomic E-state index is 12.8. The number of aliphatic hydroxyl groups excluding tert-OH is 1. The number of nitrogens with two attached hydrogens (primary N) is 1. The van der Waals surface area contributed by atoms with E-state index in [1.165, 1.54) is 44.5 Å². The van der Waals surface area contributed by atoms with E-state index in [9.17, 15) is 24.3 Å². The van der Waals surface area contributed by atoms with Crippen LogP contribution >= 0.6 is 0 Å². The van der Waals surface area contributed by atoms with Crippen LogP contribution in [-0.4, -0.2) is 59.4 Å². The summed E-state index contributed by atoms with van der Waals surface area (Å²) in [5.41, 5.74) is 9.78. The predicted molar refractivity (Wildman–Crippen MR) is 197 cm³/mol. The summed E-state index contributed by atoms with van der Waals surface area (Å²) in [7, 11) is 0. The van der Waals surface area contributed by atoms with Gasteiger partial charge in [-0.15, -0.1) is 0 Å². The van der Waals surface area contributed by atoms with Crippen LogP contribution < -0.4 is 5.73 Å². The van der Waals surface area contributed by atoms with Crippen LogP contribution in [0, 0.1) is 19.3 Å². The van der Waals surface area contributed by atoms with Crippen molar-refractivity contribution in [3.63, 3.8) is 0 Å². The standard InChI is InChI=1S/C40H58N2O7.CH3/c1-3-36(43)11-8-10-32-15-19-34(20-16-32)29-49-39(46)23-21-35(40(41)47)27-37(44)30(2)12-22-38(45)48-28-33-17-13-31(14-18-33)9-4-5-24-42-25-6-7-26-42;/h13-20,30,35-36,43H,3-12,21-29H2,1-2H3,(H2,41,47);1H3/q;-1/t30-,35+,36?;/m0./s1. The Labute approximate surface area is 300 Å². The van der Waals surface area contributed by atoms with E-state index in [-0.39, 0.29) is 64.2 Å². The molecule has 1 unspecified atom stereocenters. The third-order valence-corrected chi connectivity index (χ3v) is 9.59. The fraction of sp³-hybridized carbons (Fsp3) is 0.585. The molecule has 1 aliphatic heterocycles. The molecule has 9 heteroatoms. The number of unbranched alkanes of at least 4 members (excludes halogenated alkanes) is 1. The number of primary amides is 1. The Morgan fingerprint density at radius 3 is 1.78 bits per heavy atom. The van der Waals surface area contributed by atoms with Crippen LogP contribution in [0.2, 0.25) is 0 Å². The first-order chi connectivity index (χ1) is 23.6. The molecular weight excluding hydrogens is 632 g/mol. The number of ether oxygens (including phenoxy) is 2. The van der Waals surface area contributed by atoms with Crippen molar-refractivity contribution < 1.29 is 33.8 Å². The number of rotatable bonds is 24. The highest BCUT2D eigenvalue weighted by Gasteiger charge is 2.24. The molecule has 1 aliphatic rings. The lowest BCUT2D eigenvalue weighted by Gasteiger charge is -2.16. The zero-order valence-corrected chi connectivity index (χ0v) is 30.7. The molecule has 2 aromatic carbocycles. The zero-order chi connectivity index (χ0) is 35.4. The van der Waals surface area contributed by atoms with Gasteiger partial charge in [0.1, 0.15) is 19.0 Å². The van der Waals surface area contributed by atoms with Gasteiger partial charge < -0.3 is 32.6 Å². The van der Waals surface area contributed by atoms with Crippen molar-refractivity contribution in [2.24, 2.45) is 17.6 Å². The number of nitrogens with zero attached hydrogens (tertiary/aromatic N) is 1. The molecular formula is C41H61N2O7-. The van der Waals surface area contributed by atoms with Crippen molar-refractivity contribution in [1.82, 2.24) is 4.90 Å². The number of aliphatic hydroxyl groups is 1. The van der Waals surface area contributed by atoms with Crippen LogP contribution in [0.3, 0.4) is 0 Å². The number of likely N-dealkylation sites (tertiary alicyclic amines) is 1. The number of esters is 2. The van der Waals surface area contributed by atoms with Crippen molar-refractivity contribution in [3.05, 3.63) is 78.2 Å². The van der Waals surface area contributed by atoms with Gasteiger partial charge in [0.25, 0.3) is 0 Å². The maximum absolute atomic E-state index is 12.8. The van der Waals surface area contributed by atoms with Crippen LogP contribution in [0.25, 0.3) is 0 Å². The van der Waals surface area contributed by atoms with Crippen LogP contribution in [0.5, 0.6) is 0 Å². The Hall–Kier alpha value is -3.56. The normalized spacial score (nSPS) is 14.7. The number of aryl methyl sites for hydroxylation is 2. The molecule has 0 bridgehead atoms. The Bertz CT molecular complexity index is 1290. The van der Waals surface area contributed by atoms with Gasteiger partial charge in [-0.2, -0.15) is 0 Å². The zero-order valence-electron chi connectivity index (χ0n) is 30.7. The molecule has 50 heavy (non-hydrogen) atoms. The van der Waals surface area contributed by atoms with Crippen LogP contribution in [-0.2, 0) is 54.7 Å². The minimum absolute atomic E-state index is 0. The second kappa shape index (κ2) is 23.8. The summed E-state index contributed by atoms with van der Waals surface area (Å²) < 4.78 is 10.8. The quantitative estimate of drug-likeness (QED) is 0.0705. The van der Waals surface area contributed by atoms with Crippen LogP contribution in [0.1, 0.15) is 113 Å². The summed E-state index contributed by atoms with van der Waals surface area (Å²) in [6.07, 6.45) is 9.55. The monoisotopic (exact) mass is 693 g/mol. The molecule has 3 N–H and O–H groups in total. The van der Waals surface area contributed by atoms with Gasteiger partial charge in [-0.25, -0.2) is 0 Å². The van der Waals surface area contributed by atoms with Crippen molar-refractivity contribution in [2.75, 3.05) is 19.6 Å². The average Bonchev–Trinajstić information content (AvgIpc) is 3.63. The molecule has 0 radical (unpaired) electrons. The Morgan fingerprint density at radius 1 is 0.760 bits per heavy atom. The van der Waals surface area contributed by atoms with Gasteiger partial charge in [0, 0.05) is 31.1 Å². The second-order valence-corrected chi connectivity index (χ2v) is 13.7. The summed E-state index contributed by atoms with van der Waals surface area (Å²) in [6.45, 7) is 7.67. The molecule has 2 aromatic rings. The molecule has 3 atom stereocenters. The smallest absolute Gasteiger partial charge is 0.306 e. The number of benzene rings is 2. The third kappa shape index (κ3) is 16.9. The van der Waals surface area contributed by atoms with Gasteiger partial charge in [-0.1, -0.05) is 62.4 Å². The minimum Gasteiger partial charge on any atom is -0.461 e. The number of amides is 1. The van der Waals surface area contributed by atoms with E-state index in [0.29, 0.717) is 6.42 Å². The predicted octanol–water partition coefficient (Wildman–Crippen LogP) is 6.69. The van der Waals surface area contributed by atoms with E-state index in [1.807, 2.05) is 43.3 Å². The highest BCUT2D eigenvalue weighted by Crippen LogP contribution is 2.19. The molecule has 0 aromatic heterocycles. The molecule has 1 fully saturated rings. The van der Waals surface area contributed by atoms with Crippen LogP contribution in [0.15, 0.2) is 48.5 Å². The lowest BCUT2D eigenvalue weighted by molar-refractivity contribution is -0.146. The number of Topliss-reactive ketones (excluding diaryl/α,β-unsaturated/α-hetero) is 1. The summed E-state index contributed by atoms with van der Waals surface area (Å²) in [5, 5.41) is 9.70. The van der Waals surface area contributed by atoms with Gasteiger partial charge >= 0.3 is 11.9 Å². The molecule has 1 saturated heterocycles. The first kappa shape index (κ1) is 42.6. The number of carbonyl (C=O) groups excluding carboxylic acids is 4. The van der Waals surface area contributed by atoms with Crippen molar-refractivity contribution >= 4 is 23.6 Å². The topological polar surface area (TPSA) is 136 Å². The van der Waals surface area contributed by atoms with Crippen molar-refractivity contribution in [3.8, 4) is 0 Å². The molecule has 1 heterocycles. The fourth-order valence-electron chi connectivity index (χ4n) is 6.07. The van der Waals surface area contributed by atoms with Gasteiger partial charge in [-0.3, -0.25) is 19.2 Å². The molecule has 0 aliphatic carbocycles. The molecule has 9 nitrogen and oxygen atoms in total. The summed E-state index contributed by atoms with van der Waals surface area (Å²) >= 11 is 0. The lowest BCUT2D eigenvalue weighted by Crippen LogP contribution is -2.28. The molecule has 278 valence electrons. The maximum Gasteiger partial charge on any atom is 0.306 e. The first-order valence-electron chi connectivity index (χ1n) is 18.3. The van der Waals surface area contributed by atoms with Gasteiger partial charge in [0.15, 0.2) is 0 Å². The van der Waals surface area contributed by atoms with E-state index >= 15 is 0 Å². The van der Waals surface area contributed by atoms with Crippen molar-refractivity contribution in [2.45, 2.75) is 123 Å². The Balaban J connectivity index is 0.00000867. The minimum atomic E-state index is -0.784. The van der Waals surface area contributed by atoms with Crippen LogP contribution in [0.4, 0.5) is 0 Å². The number of ketones is 1. The SMILES string of the molecule is CCC(O)CCCc1ccc(COC(=O)CC[C@H](CC(=O)[C@@H](C)CCC(=O)OCc2ccc(CCCCN3CCCC3)cc2)C(N)=O)cc1.[CH3-]. The van der Waals surface area contributed by atoms with Gasteiger partial charge in [-0.05, 0) is 113 Å². The lowest BCUT2D eigenvalue weighted by atomic mass is 9.89. The largest absolute Gasteiger partial charge is 0.461 e. The van der Waals surface area contributed by atoms with E-state index in [0.717, 1.165) is 55.2 Å². The van der Waals surface area contributed by atoms with Crippen molar-refractivity contribution in [1.29, 1.82) is 0 Å². The van der Waals surface area contributed by atoms with E-state index < -0.39 is 23.7 Å². The van der Waals surface area contributed by atoms with E-state index in [1.54, 1.807) is 6.92 Å². The number of carbonyl (C=O) groups is 4. The highest BCUT2D eigenvalue weighted by molar-refractivity contribution is 5.87.